The number of hydrogen-bond donors (Lipinski definition) is 2. The van der Waals surface area contributed by atoms with E-state index in [9.17, 15) is 14.0 Å². The average molecular weight is 356 g/mol. The van der Waals surface area contributed by atoms with E-state index in [1.807, 2.05) is 0 Å². The van der Waals surface area contributed by atoms with Gasteiger partial charge in [0, 0.05) is 18.3 Å². The highest BCUT2D eigenvalue weighted by atomic mass is 19.1. The lowest BCUT2D eigenvalue weighted by Crippen LogP contribution is -2.40. The van der Waals surface area contributed by atoms with Crippen molar-refractivity contribution in [2.24, 2.45) is 5.41 Å². The number of methoxy groups -OCH3 is 1. The molecule has 1 aliphatic rings. The molecular formula is C20H21FN2O3. The Balaban J connectivity index is 1.56. The van der Waals surface area contributed by atoms with Crippen molar-refractivity contribution < 1.29 is 18.7 Å². The summed E-state index contributed by atoms with van der Waals surface area (Å²) in [4.78, 5) is 25.0. The zero-order valence-electron chi connectivity index (χ0n) is 14.5. The minimum Gasteiger partial charge on any atom is -0.497 e. The Labute approximate surface area is 151 Å². The zero-order chi connectivity index (χ0) is 18.6. The monoisotopic (exact) mass is 356 g/mol. The standard InChI is InChI=1S/C20H21FN2O3/c1-26-16-7-4-6-15(13-16)23-19(25)20(10-11-20)18(24)22-12-9-14-5-2-3-8-17(14)21/h2-8,13H,9-12H2,1H3,(H,22,24)(H,23,25). The molecular weight excluding hydrogens is 335 g/mol. The molecule has 1 fully saturated rings. The summed E-state index contributed by atoms with van der Waals surface area (Å²) in [5, 5.41) is 5.54. The fraction of sp³-hybridized carbons (Fsp3) is 0.300. The second-order valence-electron chi connectivity index (χ2n) is 6.37. The van der Waals surface area contributed by atoms with Crippen molar-refractivity contribution in [3.05, 3.63) is 59.9 Å². The van der Waals surface area contributed by atoms with Gasteiger partial charge in [-0.05, 0) is 43.0 Å². The lowest BCUT2D eigenvalue weighted by atomic mass is 10.0. The fourth-order valence-corrected chi connectivity index (χ4v) is 2.81. The molecule has 3 rings (SSSR count). The van der Waals surface area contributed by atoms with E-state index in [2.05, 4.69) is 10.6 Å². The van der Waals surface area contributed by atoms with Crippen molar-refractivity contribution in [2.75, 3.05) is 19.0 Å². The minimum absolute atomic E-state index is 0.286. The number of benzene rings is 2. The largest absolute Gasteiger partial charge is 0.497 e. The lowest BCUT2D eigenvalue weighted by Gasteiger charge is -2.16. The van der Waals surface area contributed by atoms with Gasteiger partial charge in [-0.15, -0.1) is 0 Å². The molecule has 0 radical (unpaired) electrons. The number of nitrogens with one attached hydrogen (secondary N) is 2. The second-order valence-corrected chi connectivity index (χ2v) is 6.37. The quantitative estimate of drug-likeness (QED) is 0.750. The van der Waals surface area contributed by atoms with Crippen molar-refractivity contribution in [2.45, 2.75) is 19.3 Å². The summed E-state index contributed by atoms with van der Waals surface area (Å²) >= 11 is 0. The van der Waals surface area contributed by atoms with Gasteiger partial charge in [-0.2, -0.15) is 0 Å². The van der Waals surface area contributed by atoms with Gasteiger partial charge in [0.25, 0.3) is 0 Å². The molecule has 0 heterocycles. The van der Waals surface area contributed by atoms with Crippen LogP contribution < -0.4 is 15.4 Å². The van der Waals surface area contributed by atoms with Crippen LogP contribution in [0, 0.1) is 11.2 Å². The fourth-order valence-electron chi connectivity index (χ4n) is 2.81. The Morgan fingerprint density at radius 3 is 2.58 bits per heavy atom. The van der Waals surface area contributed by atoms with Crippen molar-refractivity contribution in [3.8, 4) is 5.75 Å². The van der Waals surface area contributed by atoms with Crippen LogP contribution in [0.2, 0.25) is 0 Å². The summed E-state index contributed by atoms with van der Waals surface area (Å²) in [5.41, 5.74) is 0.0939. The normalized spacial score (nSPS) is 14.4. The molecule has 2 aromatic rings. The molecule has 1 saturated carbocycles. The van der Waals surface area contributed by atoms with Crippen LogP contribution in [0.5, 0.6) is 5.75 Å². The summed E-state index contributed by atoms with van der Waals surface area (Å²) in [7, 11) is 1.55. The third-order valence-corrected chi connectivity index (χ3v) is 4.58. The molecule has 0 spiro atoms. The van der Waals surface area contributed by atoms with Crippen LogP contribution >= 0.6 is 0 Å². The molecule has 5 nitrogen and oxygen atoms in total. The van der Waals surface area contributed by atoms with E-state index in [-0.39, 0.29) is 24.2 Å². The molecule has 0 unspecified atom stereocenters. The number of carbonyl (C=O) groups excluding carboxylic acids is 2. The highest BCUT2D eigenvalue weighted by Gasteiger charge is 2.56. The van der Waals surface area contributed by atoms with Crippen LogP contribution in [0.3, 0.4) is 0 Å². The molecule has 136 valence electrons. The number of rotatable bonds is 7. The van der Waals surface area contributed by atoms with Crippen LogP contribution in [0.25, 0.3) is 0 Å². The van der Waals surface area contributed by atoms with E-state index in [1.165, 1.54) is 6.07 Å². The Hall–Kier alpha value is -2.89. The van der Waals surface area contributed by atoms with Crippen molar-refractivity contribution in [1.82, 2.24) is 5.32 Å². The van der Waals surface area contributed by atoms with Gasteiger partial charge in [0.2, 0.25) is 11.8 Å². The molecule has 0 bridgehead atoms. The maximum absolute atomic E-state index is 13.6. The first-order valence-corrected chi connectivity index (χ1v) is 8.52. The van der Waals surface area contributed by atoms with Crippen LogP contribution in [-0.4, -0.2) is 25.5 Å². The van der Waals surface area contributed by atoms with E-state index >= 15 is 0 Å². The van der Waals surface area contributed by atoms with Gasteiger partial charge in [-0.3, -0.25) is 9.59 Å². The summed E-state index contributed by atoms with van der Waals surface area (Å²) in [6, 6.07) is 13.4. The van der Waals surface area contributed by atoms with Gasteiger partial charge in [-0.25, -0.2) is 4.39 Å². The van der Waals surface area contributed by atoms with Crippen LogP contribution in [0.15, 0.2) is 48.5 Å². The first-order chi connectivity index (χ1) is 12.5. The minimum atomic E-state index is -1.03. The third-order valence-electron chi connectivity index (χ3n) is 4.58. The Bertz CT molecular complexity index is 818. The first-order valence-electron chi connectivity index (χ1n) is 8.52. The number of anilines is 1. The van der Waals surface area contributed by atoms with Crippen LogP contribution in [0.1, 0.15) is 18.4 Å². The Morgan fingerprint density at radius 1 is 1.12 bits per heavy atom. The number of ether oxygens (including phenoxy) is 1. The van der Waals surface area contributed by atoms with E-state index < -0.39 is 5.41 Å². The summed E-state index contributed by atoms with van der Waals surface area (Å²) in [5.74, 6) is -0.302. The number of amides is 2. The number of halogens is 1. The van der Waals surface area contributed by atoms with Crippen LogP contribution in [-0.2, 0) is 16.0 Å². The molecule has 0 saturated heterocycles. The molecule has 0 atom stereocenters. The zero-order valence-corrected chi connectivity index (χ0v) is 14.5. The molecule has 0 aliphatic heterocycles. The molecule has 6 heteroatoms. The third kappa shape index (κ3) is 3.85. The van der Waals surface area contributed by atoms with Crippen LogP contribution in [0.4, 0.5) is 10.1 Å². The van der Waals surface area contributed by atoms with E-state index in [0.29, 0.717) is 36.3 Å². The van der Waals surface area contributed by atoms with Gasteiger partial charge < -0.3 is 15.4 Å². The van der Waals surface area contributed by atoms with Gasteiger partial charge in [0.1, 0.15) is 17.0 Å². The maximum atomic E-state index is 13.6. The highest BCUT2D eigenvalue weighted by molar-refractivity contribution is 6.13. The summed E-state index contributed by atoms with van der Waals surface area (Å²) in [6.07, 6.45) is 1.40. The SMILES string of the molecule is COc1cccc(NC(=O)C2(C(=O)NCCc3ccccc3F)CC2)c1. The van der Waals surface area contributed by atoms with E-state index in [4.69, 9.17) is 4.74 Å². The van der Waals surface area contributed by atoms with Gasteiger partial charge in [0.15, 0.2) is 0 Å². The topological polar surface area (TPSA) is 67.4 Å². The predicted molar refractivity (Wildman–Crippen MR) is 96.4 cm³/mol. The number of hydrogen-bond acceptors (Lipinski definition) is 3. The molecule has 2 N–H and O–H groups in total. The summed E-state index contributed by atoms with van der Waals surface area (Å²) in [6.45, 7) is 0.286. The molecule has 26 heavy (non-hydrogen) atoms. The average Bonchev–Trinajstić information content (AvgIpc) is 3.45. The van der Waals surface area contributed by atoms with Crippen molar-refractivity contribution >= 4 is 17.5 Å². The molecule has 1 aliphatic carbocycles. The Morgan fingerprint density at radius 2 is 1.88 bits per heavy atom. The highest BCUT2D eigenvalue weighted by Crippen LogP contribution is 2.46. The predicted octanol–water partition coefficient (Wildman–Crippen LogP) is 2.91. The lowest BCUT2D eigenvalue weighted by molar-refractivity contribution is -0.134. The van der Waals surface area contributed by atoms with Gasteiger partial charge >= 0.3 is 0 Å². The van der Waals surface area contributed by atoms with Crippen molar-refractivity contribution in [3.63, 3.8) is 0 Å². The van der Waals surface area contributed by atoms with E-state index in [1.54, 1.807) is 49.6 Å². The number of carbonyl (C=O) groups is 2. The second kappa shape index (κ2) is 7.56. The van der Waals surface area contributed by atoms with Gasteiger partial charge in [-0.1, -0.05) is 24.3 Å². The van der Waals surface area contributed by atoms with E-state index in [0.717, 1.165) is 0 Å². The van der Waals surface area contributed by atoms with Crippen molar-refractivity contribution in [1.29, 1.82) is 0 Å². The molecule has 2 aromatic carbocycles. The smallest absolute Gasteiger partial charge is 0.240 e. The first kappa shape index (κ1) is 17.9. The maximum Gasteiger partial charge on any atom is 0.240 e. The summed E-state index contributed by atoms with van der Waals surface area (Å²) < 4.78 is 18.7. The van der Waals surface area contributed by atoms with Gasteiger partial charge in [0.05, 0.1) is 7.11 Å². The molecule has 0 aromatic heterocycles. The Kier molecular flexibility index (Phi) is 5.21. The molecule has 2 amide bonds.